The van der Waals surface area contributed by atoms with Crippen molar-refractivity contribution in [2.45, 2.75) is 17.3 Å². The fraction of sp³-hybridized carbons (Fsp3) is 0.438. The maximum Gasteiger partial charge on any atom is 0.343 e. The zero-order valence-corrected chi connectivity index (χ0v) is 15.0. The van der Waals surface area contributed by atoms with Crippen molar-refractivity contribution in [2.75, 3.05) is 36.5 Å². The van der Waals surface area contributed by atoms with E-state index in [1.54, 1.807) is 14.0 Å². The summed E-state index contributed by atoms with van der Waals surface area (Å²) in [6.07, 6.45) is 0. The zero-order valence-electron chi connectivity index (χ0n) is 14.2. The number of hydrogen-bond acceptors (Lipinski definition) is 6. The number of aromatic nitrogens is 3. The van der Waals surface area contributed by atoms with Crippen LogP contribution in [0, 0.1) is 0 Å². The van der Waals surface area contributed by atoms with Gasteiger partial charge in [0.15, 0.2) is 5.16 Å². The van der Waals surface area contributed by atoms with Gasteiger partial charge in [0, 0.05) is 31.5 Å². The lowest BCUT2D eigenvalue weighted by Crippen LogP contribution is -2.36. The summed E-state index contributed by atoms with van der Waals surface area (Å²) in [6, 6.07) is 7.78. The van der Waals surface area contributed by atoms with Gasteiger partial charge in [0.25, 0.3) is 0 Å². The molecule has 3 rings (SSSR count). The molecule has 1 aliphatic rings. The number of nitrogens with one attached hydrogen (secondary N) is 2. The van der Waals surface area contributed by atoms with Crippen LogP contribution in [-0.4, -0.2) is 52.2 Å². The largest absolute Gasteiger partial charge is 0.378 e. The quantitative estimate of drug-likeness (QED) is 0.772. The second kappa shape index (κ2) is 7.75. The Labute approximate surface area is 149 Å². The van der Waals surface area contributed by atoms with Crippen LogP contribution in [0.1, 0.15) is 6.92 Å². The first-order chi connectivity index (χ1) is 12.0. The van der Waals surface area contributed by atoms with Gasteiger partial charge in [0.1, 0.15) is 0 Å². The maximum absolute atomic E-state index is 12.3. The molecule has 2 heterocycles. The van der Waals surface area contributed by atoms with Crippen LogP contribution in [0.5, 0.6) is 0 Å². The van der Waals surface area contributed by atoms with Gasteiger partial charge in [0.2, 0.25) is 5.91 Å². The van der Waals surface area contributed by atoms with Crippen molar-refractivity contribution in [3.05, 3.63) is 34.7 Å². The summed E-state index contributed by atoms with van der Waals surface area (Å²) in [6.45, 7) is 5.01. The average molecular weight is 363 g/mol. The molecule has 25 heavy (non-hydrogen) atoms. The molecule has 9 heteroatoms. The second-order valence-electron chi connectivity index (χ2n) is 5.77. The molecule has 0 unspecified atom stereocenters. The van der Waals surface area contributed by atoms with Crippen molar-refractivity contribution < 1.29 is 9.53 Å². The molecule has 1 amide bonds. The van der Waals surface area contributed by atoms with Crippen LogP contribution < -0.4 is 15.9 Å². The van der Waals surface area contributed by atoms with E-state index in [-0.39, 0.29) is 16.8 Å². The smallest absolute Gasteiger partial charge is 0.343 e. The highest BCUT2D eigenvalue weighted by molar-refractivity contribution is 8.00. The number of nitrogens with zero attached hydrogens (tertiary/aromatic N) is 3. The van der Waals surface area contributed by atoms with Gasteiger partial charge in [-0.05, 0) is 31.2 Å². The zero-order chi connectivity index (χ0) is 17.8. The molecular weight excluding hydrogens is 342 g/mol. The topological polar surface area (TPSA) is 92.2 Å². The van der Waals surface area contributed by atoms with Crippen LogP contribution in [0.4, 0.5) is 11.4 Å². The predicted molar refractivity (Wildman–Crippen MR) is 97.3 cm³/mol. The van der Waals surface area contributed by atoms with Gasteiger partial charge in [-0.2, -0.15) is 0 Å². The van der Waals surface area contributed by atoms with Crippen LogP contribution in [0.15, 0.2) is 34.2 Å². The number of rotatable bonds is 5. The molecule has 1 aromatic heterocycles. The number of ether oxygens (including phenoxy) is 1. The fourth-order valence-corrected chi connectivity index (χ4v) is 3.29. The van der Waals surface area contributed by atoms with Crippen molar-refractivity contribution >= 4 is 29.0 Å². The molecule has 1 aliphatic heterocycles. The van der Waals surface area contributed by atoms with E-state index in [1.807, 2.05) is 24.3 Å². The number of anilines is 2. The van der Waals surface area contributed by atoms with Crippen LogP contribution in [-0.2, 0) is 16.6 Å². The normalized spacial score (nSPS) is 15.8. The second-order valence-corrected chi connectivity index (χ2v) is 7.07. The van der Waals surface area contributed by atoms with E-state index in [0.717, 1.165) is 37.7 Å². The van der Waals surface area contributed by atoms with Gasteiger partial charge in [-0.15, -0.1) is 5.10 Å². The van der Waals surface area contributed by atoms with Crippen molar-refractivity contribution in [3.8, 4) is 0 Å². The highest BCUT2D eigenvalue weighted by Gasteiger charge is 2.18. The Morgan fingerprint density at radius 3 is 2.60 bits per heavy atom. The molecular formula is C16H21N5O3S. The minimum atomic E-state index is -0.382. The molecule has 1 saturated heterocycles. The molecule has 134 valence electrons. The Morgan fingerprint density at radius 2 is 2.00 bits per heavy atom. The Hall–Kier alpha value is -2.26. The molecule has 0 radical (unpaired) electrons. The van der Waals surface area contributed by atoms with Gasteiger partial charge >= 0.3 is 5.69 Å². The first-order valence-corrected chi connectivity index (χ1v) is 8.94. The minimum Gasteiger partial charge on any atom is -0.378 e. The Balaban J connectivity index is 1.58. The minimum absolute atomic E-state index is 0.139. The number of hydrogen-bond donors (Lipinski definition) is 2. The Morgan fingerprint density at radius 1 is 1.32 bits per heavy atom. The molecule has 2 aromatic rings. The van der Waals surface area contributed by atoms with Gasteiger partial charge in [0.05, 0.1) is 18.5 Å². The van der Waals surface area contributed by atoms with E-state index in [2.05, 4.69) is 20.4 Å². The van der Waals surface area contributed by atoms with Crippen molar-refractivity contribution in [2.24, 2.45) is 7.05 Å². The molecule has 0 bridgehead atoms. The number of morpholine rings is 1. The van der Waals surface area contributed by atoms with Crippen LogP contribution in [0.3, 0.4) is 0 Å². The lowest BCUT2D eigenvalue weighted by atomic mass is 10.2. The molecule has 2 N–H and O–H groups in total. The summed E-state index contributed by atoms with van der Waals surface area (Å²) in [7, 11) is 1.61. The lowest BCUT2D eigenvalue weighted by Gasteiger charge is -2.28. The number of benzene rings is 1. The summed E-state index contributed by atoms with van der Waals surface area (Å²) in [5.74, 6) is -0.139. The van der Waals surface area contributed by atoms with E-state index in [9.17, 15) is 9.59 Å². The summed E-state index contributed by atoms with van der Waals surface area (Å²) >= 11 is 1.23. The van der Waals surface area contributed by atoms with E-state index in [1.165, 1.54) is 16.3 Å². The van der Waals surface area contributed by atoms with Gasteiger partial charge < -0.3 is 15.0 Å². The molecule has 0 spiro atoms. The molecule has 0 aliphatic carbocycles. The summed E-state index contributed by atoms with van der Waals surface area (Å²) in [5, 5.41) is 9.25. The van der Waals surface area contributed by atoms with Crippen LogP contribution in [0.25, 0.3) is 0 Å². The monoisotopic (exact) mass is 363 g/mol. The van der Waals surface area contributed by atoms with Gasteiger partial charge in [-0.1, -0.05) is 11.8 Å². The van der Waals surface area contributed by atoms with Crippen LogP contribution >= 0.6 is 11.8 Å². The predicted octanol–water partition coefficient (Wildman–Crippen LogP) is 1.06. The highest BCUT2D eigenvalue weighted by atomic mass is 32.2. The molecule has 0 saturated carbocycles. The van der Waals surface area contributed by atoms with Gasteiger partial charge in [-0.3, -0.25) is 9.36 Å². The SMILES string of the molecule is C[C@@H](Sc1n[nH]c(=O)n1C)C(=O)Nc1ccc(N2CCOCC2)cc1. The number of H-pyrrole nitrogens is 1. The third-order valence-corrected chi connectivity index (χ3v) is 5.14. The lowest BCUT2D eigenvalue weighted by molar-refractivity contribution is -0.115. The third kappa shape index (κ3) is 4.23. The first-order valence-electron chi connectivity index (χ1n) is 8.06. The summed E-state index contributed by atoms with van der Waals surface area (Å²) < 4.78 is 6.73. The number of thioether (sulfide) groups is 1. The summed E-state index contributed by atoms with van der Waals surface area (Å²) in [5.41, 5.74) is 1.56. The van der Waals surface area contributed by atoms with E-state index in [4.69, 9.17) is 4.74 Å². The molecule has 1 aromatic carbocycles. The molecule has 1 atom stereocenters. The number of carbonyl (C=O) groups is 1. The Bertz CT molecular complexity index is 780. The number of carbonyl (C=O) groups excluding carboxylic acids is 1. The number of aromatic amines is 1. The van der Waals surface area contributed by atoms with E-state index < -0.39 is 0 Å². The van der Waals surface area contributed by atoms with Gasteiger partial charge in [-0.25, -0.2) is 9.89 Å². The first kappa shape index (κ1) is 17.6. The number of amides is 1. The van der Waals surface area contributed by atoms with Crippen molar-refractivity contribution in [1.82, 2.24) is 14.8 Å². The standard InChI is InChI=1S/C16H21N5O3S/c1-11(25-16-19-18-15(23)20(16)2)14(22)17-12-3-5-13(6-4-12)21-7-9-24-10-8-21/h3-6,11H,7-10H2,1-2H3,(H,17,22)(H,18,23)/t11-/m1/s1. The highest BCUT2D eigenvalue weighted by Crippen LogP contribution is 2.22. The van der Waals surface area contributed by atoms with Crippen LogP contribution in [0.2, 0.25) is 0 Å². The molecule has 1 fully saturated rings. The van der Waals surface area contributed by atoms with E-state index >= 15 is 0 Å². The Kier molecular flexibility index (Phi) is 5.44. The third-order valence-electron chi connectivity index (χ3n) is 4.00. The maximum atomic E-state index is 12.3. The molecule has 8 nitrogen and oxygen atoms in total. The summed E-state index contributed by atoms with van der Waals surface area (Å²) in [4.78, 5) is 26.0. The average Bonchev–Trinajstić information content (AvgIpc) is 2.95. The van der Waals surface area contributed by atoms with Crippen molar-refractivity contribution in [3.63, 3.8) is 0 Å². The van der Waals surface area contributed by atoms with Crippen molar-refractivity contribution in [1.29, 1.82) is 0 Å². The fourth-order valence-electron chi connectivity index (χ4n) is 2.47. The van der Waals surface area contributed by atoms with E-state index in [0.29, 0.717) is 5.16 Å².